The van der Waals surface area contributed by atoms with Crippen LogP contribution in [0.25, 0.3) is 17.3 Å². The van der Waals surface area contributed by atoms with Crippen LogP contribution in [0.4, 0.5) is 0 Å². The number of rotatable bonds is 4. The zero-order chi connectivity index (χ0) is 15.2. The number of hydrogen-bond donors (Lipinski definition) is 1. The summed E-state index contributed by atoms with van der Waals surface area (Å²) in [6.07, 6.45) is 4.01. The van der Waals surface area contributed by atoms with Crippen molar-refractivity contribution in [1.29, 1.82) is 5.26 Å². The van der Waals surface area contributed by atoms with Crippen molar-refractivity contribution in [3.63, 3.8) is 0 Å². The topological polar surface area (TPSA) is 78.8 Å². The van der Waals surface area contributed by atoms with Crippen LogP contribution in [0.5, 0.6) is 0 Å². The maximum Gasteiger partial charge on any atom is 0.348 e. The number of methoxy groups -OCH3 is 1. The number of benzene rings is 1. The van der Waals surface area contributed by atoms with Gasteiger partial charge in [0.05, 0.1) is 19.0 Å². The van der Waals surface area contributed by atoms with Crippen molar-refractivity contribution in [1.82, 2.24) is 10.2 Å². The van der Waals surface area contributed by atoms with E-state index in [9.17, 15) is 4.79 Å². The molecular formula is C16H15N3O2. The highest BCUT2D eigenvalue weighted by Crippen LogP contribution is 2.23. The third-order valence-corrected chi connectivity index (χ3v) is 3.15. The van der Waals surface area contributed by atoms with Gasteiger partial charge < -0.3 is 4.74 Å². The lowest BCUT2D eigenvalue weighted by atomic mass is 10.0. The molecule has 0 saturated carbocycles. The summed E-state index contributed by atoms with van der Waals surface area (Å²) in [4.78, 5) is 11.5. The number of carbonyl (C=O) groups excluding carboxylic acids is 1. The second-order valence-electron chi connectivity index (χ2n) is 4.41. The third-order valence-electron chi connectivity index (χ3n) is 3.15. The summed E-state index contributed by atoms with van der Waals surface area (Å²) in [6, 6.07) is 9.87. The summed E-state index contributed by atoms with van der Waals surface area (Å²) in [5.41, 5.74) is 3.54. The smallest absolute Gasteiger partial charge is 0.348 e. The minimum Gasteiger partial charge on any atom is -0.465 e. The van der Waals surface area contributed by atoms with Gasteiger partial charge in [-0.15, -0.1) is 0 Å². The SMILES string of the molecule is CCc1ccc(-c2[nH]ncc2/C=C(\C#N)C(=O)OC)cc1. The number of carbonyl (C=O) groups is 1. The maximum atomic E-state index is 11.5. The molecule has 0 radical (unpaired) electrons. The van der Waals surface area contributed by atoms with E-state index in [1.165, 1.54) is 18.7 Å². The molecule has 0 unspecified atom stereocenters. The Morgan fingerprint density at radius 1 is 1.43 bits per heavy atom. The first-order valence-electron chi connectivity index (χ1n) is 6.52. The van der Waals surface area contributed by atoms with Gasteiger partial charge in [0.1, 0.15) is 11.6 Å². The van der Waals surface area contributed by atoms with Crippen LogP contribution in [0.3, 0.4) is 0 Å². The van der Waals surface area contributed by atoms with E-state index in [2.05, 4.69) is 21.9 Å². The largest absolute Gasteiger partial charge is 0.465 e. The minimum absolute atomic E-state index is 0.0645. The highest BCUT2D eigenvalue weighted by molar-refractivity contribution is 5.98. The summed E-state index contributed by atoms with van der Waals surface area (Å²) < 4.78 is 4.57. The van der Waals surface area contributed by atoms with E-state index >= 15 is 0 Å². The number of nitrogens with zero attached hydrogens (tertiary/aromatic N) is 2. The summed E-state index contributed by atoms with van der Waals surface area (Å²) in [5.74, 6) is -0.661. The van der Waals surface area contributed by atoms with Crippen LogP contribution in [-0.2, 0) is 16.0 Å². The van der Waals surface area contributed by atoms with E-state index in [1.54, 1.807) is 6.20 Å². The first kappa shape index (κ1) is 14.5. The van der Waals surface area contributed by atoms with Gasteiger partial charge in [0.15, 0.2) is 0 Å². The van der Waals surface area contributed by atoms with Gasteiger partial charge in [0.25, 0.3) is 0 Å². The van der Waals surface area contributed by atoms with E-state index in [-0.39, 0.29) is 5.57 Å². The molecule has 0 atom stereocenters. The first-order valence-corrected chi connectivity index (χ1v) is 6.52. The number of ether oxygens (including phenoxy) is 1. The number of nitriles is 1. The molecule has 0 saturated heterocycles. The lowest BCUT2D eigenvalue weighted by molar-refractivity contribution is -0.135. The molecule has 2 aromatic rings. The Labute approximate surface area is 122 Å². The Kier molecular flexibility index (Phi) is 4.52. The fraction of sp³-hybridized carbons (Fsp3) is 0.188. The summed E-state index contributed by atoms with van der Waals surface area (Å²) in [6.45, 7) is 2.09. The van der Waals surface area contributed by atoms with Gasteiger partial charge in [-0.05, 0) is 18.1 Å². The molecule has 0 amide bonds. The van der Waals surface area contributed by atoms with E-state index in [0.717, 1.165) is 17.7 Å². The molecule has 0 aliphatic carbocycles. The van der Waals surface area contributed by atoms with Crippen molar-refractivity contribution < 1.29 is 9.53 Å². The van der Waals surface area contributed by atoms with E-state index < -0.39 is 5.97 Å². The zero-order valence-electron chi connectivity index (χ0n) is 11.9. The molecule has 1 N–H and O–H groups in total. The predicted octanol–water partition coefficient (Wildman–Crippen LogP) is 2.72. The fourth-order valence-corrected chi connectivity index (χ4v) is 1.95. The average molecular weight is 281 g/mol. The minimum atomic E-state index is -0.661. The van der Waals surface area contributed by atoms with Gasteiger partial charge in [-0.2, -0.15) is 10.4 Å². The Morgan fingerprint density at radius 2 is 2.14 bits per heavy atom. The standard InChI is InChI=1S/C16H15N3O2/c1-3-11-4-6-12(7-5-11)15-14(10-18-19-15)8-13(9-17)16(20)21-2/h4-8,10H,3H2,1-2H3,(H,18,19)/b13-8+. The monoisotopic (exact) mass is 281 g/mol. The first-order chi connectivity index (χ1) is 10.2. The molecule has 5 nitrogen and oxygen atoms in total. The molecule has 1 heterocycles. The van der Waals surface area contributed by atoms with Crippen LogP contribution in [0.2, 0.25) is 0 Å². The number of H-pyrrole nitrogens is 1. The van der Waals surface area contributed by atoms with Crippen molar-refractivity contribution in [2.75, 3.05) is 7.11 Å². The fourth-order valence-electron chi connectivity index (χ4n) is 1.95. The number of aromatic amines is 1. The van der Waals surface area contributed by atoms with Crippen molar-refractivity contribution in [3.8, 4) is 17.3 Å². The summed E-state index contributed by atoms with van der Waals surface area (Å²) in [7, 11) is 1.24. The predicted molar refractivity (Wildman–Crippen MR) is 79.0 cm³/mol. The second-order valence-corrected chi connectivity index (χ2v) is 4.41. The molecule has 0 fully saturated rings. The van der Waals surface area contributed by atoms with Gasteiger partial charge in [-0.25, -0.2) is 4.79 Å². The number of hydrogen-bond acceptors (Lipinski definition) is 4. The highest BCUT2D eigenvalue weighted by Gasteiger charge is 2.12. The Balaban J connectivity index is 2.40. The van der Waals surface area contributed by atoms with E-state index in [0.29, 0.717) is 5.56 Å². The van der Waals surface area contributed by atoms with Crippen LogP contribution >= 0.6 is 0 Å². The third kappa shape index (κ3) is 3.18. The molecule has 1 aromatic carbocycles. The van der Waals surface area contributed by atoms with Crippen LogP contribution in [-0.4, -0.2) is 23.3 Å². The number of aromatic nitrogens is 2. The molecule has 0 bridgehead atoms. The van der Waals surface area contributed by atoms with Crippen molar-refractivity contribution in [2.24, 2.45) is 0 Å². The van der Waals surface area contributed by atoms with Gasteiger partial charge >= 0.3 is 5.97 Å². The summed E-state index contributed by atoms with van der Waals surface area (Å²) in [5, 5.41) is 15.9. The molecule has 0 spiro atoms. The highest BCUT2D eigenvalue weighted by atomic mass is 16.5. The maximum absolute atomic E-state index is 11.5. The quantitative estimate of drug-likeness (QED) is 0.531. The molecule has 2 rings (SSSR count). The number of nitrogens with one attached hydrogen (secondary N) is 1. The second kappa shape index (κ2) is 6.53. The lowest BCUT2D eigenvalue weighted by Gasteiger charge is -2.02. The van der Waals surface area contributed by atoms with Crippen LogP contribution < -0.4 is 0 Å². The van der Waals surface area contributed by atoms with Gasteiger partial charge in [-0.1, -0.05) is 31.2 Å². The van der Waals surface area contributed by atoms with E-state index in [1.807, 2.05) is 30.3 Å². The average Bonchev–Trinajstić information content (AvgIpc) is 3.00. The van der Waals surface area contributed by atoms with Gasteiger partial charge in [-0.3, -0.25) is 5.10 Å². The Morgan fingerprint density at radius 3 is 2.71 bits per heavy atom. The van der Waals surface area contributed by atoms with Crippen molar-refractivity contribution in [3.05, 3.63) is 47.2 Å². The van der Waals surface area contributed by atoms with Crippen LogP contribution in [0.1, 0.15) is 18.1 Å². The molecule has 5 heteroatoms. The van der Waals surface area contributed by atoms with Crippen LogP contribution in [0.15, 0.2) is 36.0 Å². The van der Waals surface area contributed by atoms with Crippen molar-refractivity contribution >= 4 is 12.0 Å². The molecule has 1 aromatic heterocycles. The Bertz CT molecular complexity index is 706. The molecule has 0 aliphatic heterocycles. The summed E-state index contributed by atoms with van der Waals surface area (Å²) >= 11 is 0. The molecule has 0 aliphatic rings. The Hall–Kier alpha value is -2.87. The van der Waals surface area contributed by atoms with Gasteiger partial charge in [0, 0.05) is 11.1 Å². The number of aryl methyl sites for hydroxylation is 1. The van der Waals surface area contributed by atoms with E-state index in [4.69, 9.17) is 5.26 Å². The molecule has 106 valence electrons. The van der Waals surface area contributed by atoms with Crippen LogP contribution in [0, 0.1) is 11.3 Å². The number of esters is 1. The van der Waals surface area contributed by atoms with Crippen molar-refractivity contribution in [2.45, 2.75) is 13.3 Å². The normalized spacial score (nSPS) is 11.0. The molecular weight excluding hydrogens is 266 g/mol. The van der Waals surface area contributed by atoms with Gasteiger partial charge in [0.2, 0.25) is 0 Å². The zero-order valence-corrected chi connectivity index (χ0v) is 11.9. The lowest BCUT2D eigenvalue weighted by Crippen LogP contribution is -2.02. The molecule has 21 heavy (non-hydrogen) atoms.